The number of esters is 1. The van der Waals surface area contributed by atoms with E-state index in [1.54, 1.807) is 24.3 Å². The van der Waals surface area contributed by atoms with Gasteiger partial charge in [-0.05, 0) is 24.3 Å². The fourth-order valence-electron chi connectivity index (χ4n) is 3.05. The number of furan rings is 1. The molecule has 0 radical (unpaired) electrons. The van der Waals surface area contributed by atoms with Crippen molar-refractivity contribution in [2.24, 2.45) is 0 Å². The highest BCUT2D eigenvalue weighted by molar-refractivity contribution is 6.01. The molecule has 3 aromatic rings. The second-order valence-electron chi connectivity index (χ2n) is 6.20. The Morgan fingerprint density at radius 3 is 2.64 bits per heavy atom. The lowest BCUT2D eigenvalue weighted by Crippen LogP contribution is -2.17. The third-order valence-electron chi connectivity index (χ3n) is 4.37. The number of ether oxygens (including phenoxy) is 4. The first-order valence-electron chi connectivity index (χ1n) is 8.76. The van der Waals surface area contributed by atoms with E-state index >= 15 is 0 Å². The maximum absolute atomic E-state index is 12.5. The Labute approximate surface area is 160 Å². The highest BCUT2D eigenvalue weighted by atomic mass is 16.6. The van der Waals surface area contributed by atoms with Gasteiger partial charge in [0, 0.05) is 23.6 Å². The summed E-state index contributed by atoms with van der Waals surface area (Å²) in [5.74, 6) is 0.0660. The quantitative estimate of drug-likeness (QED) is 0.477. The standard InChI is InChI=1S/C21H18O7/c1-24-11-15-14-4-2-3-5-17(14)28-20(15)21(23)27-12-16(22)13-6-7-18-19(10-13)26-9-8-25-18/h2-7,10H,8-9,11-12H2,1H3. The van der Waals surface area contributed by atoms with Crippen molar-refractivity contribution in [3.8, 4) is 11.5 Å². The Morgan fingerprint density at radius 1 is 1.04 bits per heavy atom. The summed E-state index contributed by atoms with van der Waals surface area (Å²) in [4.78, 5) is 24.9. The number of hydrogen-bond acceptors (Lipinski definition) is 7. The number of benzene rings is 2. The molecule has 0 amide bonds. The number of methoxy groups -OCH3 is 1. The van der Waals surface area contributed by atoms with Gasteiger partial charge in [-0.2, -0.15) is 0 Å². The number of para-hydroxylation sites is 1. The Kier molecular flexibility index (Phi) is 4.99. The van der Waals surface area contributed by atoms with Crippen LogP contribution in [0.4, 0.5) is 0 Å². The molecule has 144 valence electrons. The second kappa shape index (κ2) is 7.74. The molecule has 2 heterocycles. The van der Waals surface area contributed by atoms with Crippen molar-refractivity contribution in [1.29, 1.82) is 0 Å². The van der Waals surface area contributed by atoms with E-state index in [0.717, 1.165) is 5.39 Å². The molecule has 7 nitrogen and oxygen atoms in total. The molecule has 0 saturated heterocycles. The van der Waals surface area contributed by atoms with Crippen LogP contribution in [0.25, 0.3) is 11.0 Å². The van der Waals surface area contributed by atoms with Gasteiger partial charge in [-0.25, -0.2) is 4.79 Å². The molecule has 0 fully saturated rings. The lowest BCUT2D eigenvalue weighted by Gasteiger charge is -2.18. The summed E-state index contributed by atoms with van der Waals surface area (Å²) in [5.41, 5.74) is 1.52. The van der Waals surface area contributed by atoms with E-state index in [4.69, 9.17) is 23.4 Å². The highest BCUT2D eigenvalue weighted by Crippen LogP contribution is 2.31. The van der Waals surface area contributed by atoms with Gasteiger partial charge in [-0.1, -0.05) is 18.2 Å². The topological polar surface area (TPSA) is 84.2 Å². The summed E-state index contributed by atoms with van der Waals surface area (Å²) in [6.45, 7) is 0.673. The van der Waals surface area contributed by atoms with E-state index < -0.39 is 12.6 Å². The first-order valence-corrected chi connectivity index (χ1v) is 8.76. The molecule has 0 aliphatic carbocycles. The number of hydrogen-bond donors (Lipinski definition) is 0. The molecule has 2 aromatic carbocycles. The Bertz CT molecular complexity index is 1030. The Morgan fingerprint density at radius 2 is 1.82 bits per heavy atom. The zero-order chi connectivity index (χ0) is 19.5. The van der Waals surface area contributed by atoms with Crippen molar-refractivity contribution < 1.29 is 33.0 Å². The van der Waals surface area contributed by atoms with Crippen molar-refractivity contribution in [1.82, 2.24) is 0 Å². The maximum Gasteiger partial charge on any atom is 0.375 e. The average Bonchev–Trinajstić information content (AvgIpc) is 3.10. The molecule has 0 unspecified atom stereocenters. The van der Waals surface area contributed by atoms with Crippen LogP contribution in [0.2, 0.25) is 0 Å². The third-order valence-corrected chi connectivity index (χ3v) is 4.37. The van der Waals surface area contributed by atoms with Crippen molar-refractivity contribution in [3.05, 3.63) is 59.4 Å². The minimum atomic E-state index is -0.714. The molecule has 0 N–H and O–H groups in total. The van der Waals surface area contributed by atoms with Crippen molar-refractivity contribution in [2.45, 2.75) is 6.61 Å². The minimum absolute atomic E-state index is 0.0398. The number of carbonyl (C=O) groups is 2. The van der Waals surface area contributed by atoms with Crippen molar-refractivity contribution in [2.75, 3.05) is 26.9 Å². The van der Waals surface area contributed by atoms with Gasteiger partial charge in [0.2, 0.25) is 5.76 Å². The Hall–Kier alpha value is -3.32. The summed E-state index contributed by atoms with van der Waals surface area (Å²) < 4.78 is 26.9. The maximum atomic E-state index is 12.5. The number of Topliss-reactive ketones (excluding diaryl/α,β-unsaturated/α-hetero) is 1. The summed E-state index contributed by atoms with van der Waals surface area (Å²) in [7, 11) is 1.53. The highest BCUT2D eigenvalue weighted by Gasteiger charge is 2.23. The first-order chi connectivity index (χ1) is 13.7. The van der Waals surface area contributed by atoms with Gasteiger partial charge in [-0.3, -0.25) is 4.79 Å². The summed E-state index contributed by atoms with van der Waals surface area (Å²) in [6, 6.07) is 12.1. The summed E-state index contributed by atoms with van der Waals surface area (Å²) in [6.07, 6.45) is 0. The average molecular weight is 382 g/mol. The molecule has 0 spiro atoms. The lowest BCUT2D eigenvalue weighted by molar-refractivity contribution is 0.0441. The van der Waals surface area contributed by atoms with E-state index in [-0.39, 0.29) is 18.2 Å². The fraction of sp³-hybridized carbons (Fsp3) is 0.238. The second-order valence-corrected chi connectivity index (χ2v) is 6.20. The largest absolute Gasteiger partial charge is 0.486 e. The molecule has 4 rings (SSSR count). The number of ketones is 1. The predicted octanol–water partition coefficient (Wildman–Crippen LogP) is 3.39. The van der Waals surface area contributed by atoms with E-state index in [1.807, 2.05) is 18.2 Å². The fourth-order valence-corrected chi connectivity index (χ4v) is 3.05. The van der Waals surface area contributed by atoms with Crippen LogP contribution in [0, 0.1) is 0 Å². The Balaban J connectivity index is 1.49. The molecule has 7 heteroatoms. The van der Waals surface area contributed by atoms with Crippen molar-refractivity contribution >= 4 is 22.7 Å². The molecule has 1 aliphatic heterocycles. The van der Waals surface area contributed by atoms with Gasteiger partial charge in [0.05, 0.1) is 6.61 Å². The van der Waals surface area contributed by atoms with Crippen LogP contribution >= 0.6 is 0 Å². The van der Waals surface area contributed by atoms with E-state index in [2.05, 4.69) is 0 Å². The number of rotatable bonds is 6. The zero-order valence-electron chi connectivity index (χ0n) is 15.2. The predicted molar refractivity (Wildman–Crippen MR) is 99.0 cm³/mol. The third kappa shape index (κ3) is 3.44. The van der Waals surface area contributed by atoms with Crippen LogP contribution in [-0.2, 0) is 16.1 Å². The van der Waals surface area contributed by atoms with Crippen LogP contribution < -0.4 is 9.47 Å². The van der Waals surface area contributed by atoms with Gasteiger partial charge < -0.3 is 23.4 Å². The van der Waals surface area contributed by atoms with Crippen LogP contribution in [0.3, 0.4) is 0 Å². The smallest absolute Gasteiger partial charge is 0.375 e. The van der Waals surface area contributed by atoms with Crippen molar-refractivity contribution in [3.63, 3.8) is 0 Å². The van der Waals surface area contributed by atoms with Crippen LogP contribution in [0.1, 0.15) is 26.5 Å². The first kappa shape index (κ1) is 18.1. The summed E-state index contributed by atoms with van der Waals surface area (Å²) in [5, 5.41) is 0.773. The molecule has 0 atom stereocenters. The molecular weight excluding hydrogens is 364 g/mol. The molecule has 28 heavy (non-hydrogen) atoms. The SMILES string of the molecule is COCc1c(C(=O)OCC(=O)c2ccc3c(c2)OCCO3)oc2ccccc12. The van der Waals surface area contributed by atoms with E-state index in [0.29, 0.717) is 41.4 Å². The normalized spacial score (nSPS) is 12.8. The van der Waals surface area contributed by atoms with Crippen LogP contribution in [0.5, 0.6) is 11.5 Å². The van der Waals surface area contributed by atoms with Gasteiger partial charge in [-0.15, -0.1) is 0 Å². The molecule has 1 aliphatic rings. The molecule has 0 bridgehead atoms. The number of carbonyl (C=O) groups excluding carboxylic acids is 2. The van der Waals surface area contributed by atoms with Gasteiger partial charge >= 0.3 is 5.97 Å². The minimum Gasteiger partial charge on any atom is -0.486 e. The molecule has 1 aromatic heterocycles. The summed E-state index contributed by atoms with van der Waals surface area (Å²) >= 11 is 0. The van der Waals surface area contributed by atoms with E-state index in [1.165, 1.54) is 7.11 Å². The molecule has 0 saturated carbocycles. The lowest BCUT2D eigenvalue weighted by atomic mass is 10.1. The molecular formula is C21H18O7. The van der Waals surface area contributed by atoms with E-state index in [9.17, 15) is 9.59 Å². The number of fused-ring (bicyclic) bond motifs is 2. The van der Waals surface area contributed by atoms with Gasteiger partial charge in [0.1, 0.15) is 18.8 Å². The van der Waals surface area contributed by atoms with Crippen LogP contribution in [-0.4, -0.2) is 38.7 Å². The van der Waals surface area contributed by atoms with Crippen LogP contribution in [0.15, 0.2) is 46.9 Å². The zero-order valence-corrected chi connectivity index (χ0v) is 15.2. The van der Waals surface area contributed by atoms with Gasteiger partial charge in [0.25, 0.3) is 0 Å². The van der Waals surface area contributed by atoms with Gasteiger partial charge in [0.15, 0.2) is 23.9 Å². The monoisotopic (exact) mass is 382 g/mol.